The SMILES string of the molecule is COc1ccc(NCc2cccc(C)c2C)cn1. The molecule has 0 saturated carbocycles. The average molecular weight is 242 g/mol. The van der Waals surface area contributed by atoms with Crippen molar-refractivity contribution in [2.24, 2.45) is 0 Å². The third-order valence-corrected chi connectivity index (χ3v) is 3.15. The van der Waals surface area contributed by atoms with Gasteiger partial charge >= 0.3 is 0 Å². The molecule has 3 nitrogen and oxygen atoms in total. The largest absolute Gasteiger partial charge is 0.481 e. The molecule has 1 heterocycles. The first-order valence-corrected chi connectivity index (χ1v) is 5.99. The number of nitrogens with one attached hydrogen (secondary N) is 1. The Morgan fingerprint density at radius 1 is 1.17 bits per heavy atom. The molecule has 0 bridgehead atoms. The number of hydrogen-bond donors (Lipinski definition) is 1. The maximum absolute atomic E-state index is 5.03. The van der Waals surface area contributed by atoms with E-state index in [-0.39, 0.29) is 0 Å². The minimum atomic E-state index is 0.632. The van der Waals surface area contributed by atoms with E-state index < -0.39 is 0 Å². The molecule has 0 spiro atoms. The predicted octanol–water partition coefficient (Wildman–Crippen LogP) is 3.32. The molecule has 2 aromatic rings. The van der Waals surface area contributed by atoms with E-state index in [1.165, 1.54) is 16.7 Å². The number of hydrogen-bond acceptors (Lipinski definition) is 3. The smallest absolute Gasteiger partial charge is 0.213 e. The van der Waals surface area contributed by atoms with E-state index in [1.807, 2.05) is 12.1 Å². The van der Waals surface area contributed by atoms with Crippen LogP contribution in [0.3, 0.4) is 0 Å². The number of rotatable bonds is 4. The fourth-order valence-corrected chi connectivity index (χ4v) is 1.81. The van der Waals surface area contributed by atoms with Gasteiger partial charge in [0.05, 0.1) is 19.0 Å². The second-order valence-electron chi connectivity index (χ2n) is 4.30. The summed E-state index contributed by atoms with van der Waals surface area (Å²) in [5.74, 6) is 0.632. The van der Waals surface area contributed by atoms with Crippen LogP contribution >= 0.6 is 0 Å². The molecule has 0 radical (unpaired) electrons. The van der Waals surface area contributed by atoms with Crippen molar-refractivity contribution in [3.8, 4) is 5.88 Å². The summed E-state index contributed by atoms with van der Waals surface area (Å²) < 4.78 is 5.03. The van der Waals surface area contributed by atoms with Gasteiger partial charge in [0.25, 0.3) is 0 Å². The molecule has 1 aromatic heterocycles. The maximum Gasteiger partial charge on any atom is 0.213 e. The highest BCUT2D eigenvalue weighted by Crippen LogP contribution is 2.16. The number of methoxy groups -OCH3 is 1. The lowest BCUT2D eigenvalue weighted by Crippen LogP contribution is -2.02. The Bertz CT molecular complexity index is 521. The van der Waals surface area contributed by atoms with Crippen molar-refractivity contribution in [3.63, 3.8) is 0 Å². The standard InChI is InChI=1S/C15H18N2O/c1-11-5-4-6-13(12(11)2)9-16-14-7-8-15(18-3)17-10-14/h4-8,10,16H,9H2,1-3H3. The molecule has 0 aliphatic rings. The van der Waals surface area contributed by atoms with E-state index in [2.05, 4.69) is 42.3 Å². The summed E-state index contributed by atoms with van der Waals surface area (Å²) in [5, 5.41) is 3.36. The van der Waals surface area contributed by atoms with Crippen LogP contribution in [0.15, 0.2) is 36.5 Å². The lowest BCUT2D eigenvalue weighted by molar-refractivity contribution is 0.398. The van der Waals surface area contributed by atoms with Crippen molar-refractivity contribution >= 4 is 5.69 Å². The van der Waals surface area contributed by atoms with Crippen molar-refractivity contribution in [1.29, 1.82) is 0 Å². The second kappa shape index (κ2) is 5.54. The van der Waals surface area contributed by atoms with Gasteiger partial charge in [0.2, 0.25) is 5.88 Å². The molecule has 2 rings (SSSR count). The number of anilines is 1. The molecule has 18 heavy (non-hydrogen) atoms. The van der Waals surface area contributed by atoms with Crippen molar-refractivity contribution in [2.45, 2.75) is 20.4 Å². The highest BCUT2D eigenvalue weighted by molar-refractivity contribution is 5.44. The third-order valence-electron chi connectivity index (χ3n) is 3.15. The molecule has 0 atom stereocenters. The molecule has 0 fully saturated rings. The molecule has 94 valence electrons. The number of nitrogens with zero attached hydrogens (tertiary/aromatic N) is 1. The van der Waals surface area contributed by atoms with E-state index in [4.69, 9.17) is 4.74 Å². The molecule has 0 saturated heterocycles. The summed E-state index contributed by atoms with van der Waals surface area (Å²) in [6, 6.07) is 10.2. The summed E-state index contributed by atoms with van der Waals surface area (Å²) >= 11 is 0. The zero-order valence-corrected chi connectivity index (χ0v) is 11.0. The van der Waals surface area contributed by atoms with Crippen molar-refractivity contribution in [2.75, 3.05) is 12.4 Å². The van der Waals surface area contributed by atoms with E-state index >= 15 is 0 Å². The highest BCUT2D eigenvalue weighted by Gasteiger charge is 2.01. The first-order valence-electron chi connectivity index (χ1n) is 5.99. The Morgan fingerprint density at radius 3 is 2.67 bits per heavy atom. The summed E-state index contributed by atoms with van der Waals surface area (Å²) in [7, 11) is 1.62. The Kier molecular flexibility index (Phi) is 3.82. The topological polar surface area (TPSA) is 34.1 Å². The van der Waals surface area contributed by atoms with Crippen molar-refractivity contribution in [1.82, 2.24) is 4.98 Å². The third kappa shape index (κ3) is 2.80. The Hall–Kier alpha value is -2.03. The van der Waals surface area contributed by atoms with Crippen molar-refractivity contribution in [3.05, 3.63) is 53.2 Å². The van der Waals surface area contributed by atoms with Gasteiger partial charge in [-0.3, -0.25) is 0 Å². The quantitative estimate of drug-likeness (QED) is 0.893. The van der Waals surface area contributed by atoms with Crippen LogP contribution < -0.4 is 10.1 Å². The number of aromatic nitrogens is 1. The van der Waals surface area contributed by atoms with Gasteiger partial charge in [-0.05, 0) is 36.6 Å². The number of benzene rings is 1. The van der Waals surface area contributed by atoms with Crippen LogP contribution in [0.25, 0.3) is 0 Å². The highest BCUT2D eigenvalue weighted by atomic mass is 16.5. The molecule has 0 amide bonds. The first kappa shape index (κ1) is 12.4. The van der Waals surface area contributed by atoms with Gasteiger partial charge in [-0.15, -0.1) is 0 Å². The molecule has 1 aromatic carbocycles. The Labute approximate surface area is 108 Å². The van der Waals surface area contributed by atoms with Crippen LogP contribution in [0.2, 0.25) is 0 Å². The monoisotopic (exact) mass is 242 g/mol. The van der Waals surface area contributed by atoms with Gasteiger partial charge in [0.1, 0.15) is 0 Å². The van der Waals surface area contributed by atoms with Crippen LogP contribution in [0.4, 0.5) is 5.69 Å². The van der Waals surface area contributed by atoms with E-state index in [0.717, 1.165) is 12.2 Å². The Morgan fingerprint density at radius 2 is 2.00 bits per heavy atom. The lowest BCUT2D eigenvalue weighted by Gasteiger charge is -2.10. The summed E-state index contributed by atoms with van der Waals surface area (Å²) in [5.41, 5.74) is 4.97. The minimum absolute atomic E-state index is 0.632. The summed E-state index contributed by atoms with van der Waals surface area (Å²) in [4.78, 5) is 4.16. The zero-order valence-electron chi connectivity index (χ0n) is 11.0. The maximum atomic E-state index is 5.03. The van der Waals surface area contributed by atoms with Gasteiger partial charge in [-0.25, -0.2) is 4.98 Å². The van der Waals surface area contributed by atoms with Gasteiger partial charge in [0.15, 0.2) is 0 Å². The van der Waals surface area contributed by atoms with Crippen molar-refractivity contribution < 1.29 is 4.74 Å². The fourth-order valence-electron chi connectivity index (χ4n) is 1.81. The lowest BCUT2D eigenvalue weighted by atomic mass is 10.0. The molecule has 0 unspecified atom stereocenters. The number of aryl methyl sites for hydroxylation is 1. The van der Waals surface area contributed by atoms with E-state index in [9.17, 15) is 0 Å². The van der Waals surface area contributed by atoms with Crippen LogP contribution in [-0.4, -0.2) is 12.1 Å². The minimum Gasteiger partial charge on any atom is -0.481 e. The van der Waals surface area contributed by atoms with Crippen LogP contribution in [0.5, 0.6) is 5.88 Å². The van der Waals surface area contributed by atoms with E-state index in [1.54, 1.807) is 13.3 Å². The summed E-state index contributed by atoms with van der Waals surface area (Å²) in [6.07, 6.45) is 1.78. The van der Waals surface area contributed by atoms with Gasteiger partial charge in [0, 0.05) is 12.6 Å². The number of pyridine rings is 1. The zero-order chi connectivity index (χ0) is 13.0. The molecule has 0 aliphatic carbocycles. The molecule has 0 aliphatic heterocycles. The van der Waals surface area contributed by atoms with Gasteiger partial charge in [-0.2, -0.15) is 0 Å². The fraction of sp³-hybridized carbons (Fsp3) is 0.267. The van der Waals surface area contributed by atoms with E-state index in [0.29, 0.717) is 5.88 Å². The number of ether oxygens (including phenoxy) is 1. The average Bonchev–Trinajstić information content (AvgIpc) is 2.41. The summed E-state index contributed by atoms with van der Waals surface area (Å²) in [6.45, 7) is 5.09. The Balaban J connectivity index is 2.04. The van der Waals surface area contributed by atoms with Gasteiger partial charge < -0.3 is 10.1 Å². The predicted molar refractivity (Wildman–Crippen MR) is 74.0 cm³/mol. The van der Waals surface area contributed by atoms with Crippen LogP contribution in [0.1, 0.15) is 16.7 Å². The van der Waals surface area contributed by atoms with Crippen LogP contribution in [-0.2, 0) is 6.54 Å². The molecular weight excluding hydrogens is 224 g/mol. The molecule has 3 heteroatoms. The van der Waals surface area contributed by atoms with Crippen LogP contribution in [0, 0.1) is 13.8 Å². The second-order valence-corrected chi connectivity index (χ2v) is 4.30. The first-order chi connectivity index (χ1) is 8.70. The molecule has 1 N–H and O–H groups in total. The normalized spacial score (nSPS) is 10.2. The molecular formula is C15H18N2O. The van der Waals surface area contributed by atoms with Gasteiger partial charge in [-0.1, -0.05) is 18.2 Å².